The molecule has 0 aliphatic heterocycles. The van der Waals surface area contributed by atoms with Gasteiger partial charge in [0.05, 0.1) is 12.5 Å². The molecule has 1 unspecified atom stereocenters. The van der Waals surface area contributed by atoms with Gasteiger partial charge in [0.15, 0.2) is 0 Å². The SMILES string of the molecule is COc1ccc(/C=C/C=C(\C#N)C(=O)OCCOC(=O)C(C)(CC(C)(C)C)C(C)(C)C)cc1. The summed E-state index contributed by atoms with van der Waals surface area (Å²) in [7, 11) is 1.59. The van der Waals surface area contributed by atoms with Crippen LogP contribution >= 0.6 is 0 Å². The average molecular weight is 456 g/mol. The monoisotopic (exact) mass is 455 g/mol. The molecule has 0 saturated carbocycles. The third-order valence-electron chi connectivity index (χ3n) is 5.55. The molecule has 0 aromatic heterocycles. The topological polar surface area (TPSA) is 85.6 Å². The second kappa shape index (κ2) is 11.7. The zero-order chi connectivity index (χ0) is 25.3. The highest BCUT2D eigenvalue weighted by Crippen LogP contribution is 2.47. The lowest BCUT2D eigenvalue weighted by Gasteiger charge is -2.43. The minimum Gasteiger partial charge on any atom is -0.497 e. The van der Waals surface area contributed by atoms with Crippen LogP contribution in [0.3, 0.4) is 0 Å². The van der Waals surface area contributed by atoms with Gasteiger partial charge in [0, 0.05) is 0 Å². The van der Waals surface area contributed by atoms with Crippen molar-refractivity contribution in [3.05, 3.63) is 47.6 Å². The fourth-order valence-electron chi connectivity index (χ4n) is 3.33. The van der Waals surface area contributed by atoms with Crippen molar-refractivity contribution in [2.24, 2.45) is 16.2 Å². The van der Waals surface area contributed by atoms with Gasteiger partial charge in [0.25, 0.3) is 0 Å². The molecule has 0 spiro atoms. The summed E-state index contributed by atoms with van der Waals surface area (Å²) < 4.78 is 15.7. The maximum atomic E-state index is 12.9. The van der Waals surface area contributed by atoms with Gasteiger partial charge in [-0.15, -0.1) is 0 Å². The summed E-state index contributed by atoms with van der Waals surface area (Å²) >= 11 is 0. The van der Waals surface area contributed by atoms with Crippen molar-refractivity contribution in [2.45, 2.75) is 54.9 Å². The van der Waals surface area contributed by atoms with E-state index in [0.29, 0.717) is 6.42 Å². The Labute approximate surface area is 198 Å². The van der Waals surface area contributed by atoms with Crippen molar-refractivity contribution >= 4 is 18.0 Å². The smallest absolute Gasteiger partial charge is 0.349 e. The molecule has 0 amide bonds. The van der Waals surface area contributed by atoms with Gasteiger partial charge in [-0.1, -0.05) is 65.8 Å². The molecular weight excluding hydrogens is 418 g/mol. The van der Waals surface area contributed by atoms with E-state index in [1.165, 1.54) is 6.08 Å². The van der Waals surface area contributed by atoms with E-state index < -0.39 is 11.4 Å². The van der Waals surface area contributed by atoms with Crippen molar-refractivity contribution in [1.82, 2.24) is 0 Å². The van der Waals surface area contributed by atoms with Gasteiger partial charge in [-0.25, -0.2) is 4.79 Å². The van der Waals surface area contributed by atoms with Crippen LogP contribution < -0.4 is 4.74 Å². The number of carbonyl (C=O) groups is 2. The van der Waals surface area contributed by atoms with Crippen molar-refractivity contribution < 1.29 is 23.8 Å². The number of allylic oxidation sites excluding steroid dienone is 2. The Balaban J connectivity index is 2.65. The summed E-state index contributed by atoms with van der Waals surface area (Å²) in [6, 6.07) is 9.17. The van der Waals surface area contributed by atoms with Crippen LogP contribution in [0.4, 0.5) is 0 Å². The lowest BCUT2D eigenvalue weighted by atomic mass is 9.61. The summed E-state index contributed by atoms with van der Waals surface area (Å²) in [6.07, 6.45) is 5.40. The van der Waals surface area contributed by atoms with Crippen molar-refractivity contribution in [3.8, 4) is 11.8 Å². The Kier molecular flexibility index (Phi) is 9.91. The fraction of sp³-hybridized carbons (Fsp3) is 0.519. The molecule has 33 heavy (non-hydrogen) atoms. The largest absolute Gasteiger partial charge is 0.497 e. The minimum absolute atomic E-state index is 0.0562. The lowest BCUT2D eigenvalue weighted by molar-refractivity contribution is -0.167. The van der Waals surface area contributed by atoms with E-state index in [9.17, 15) is 14.9 Å². The molecule has 0 radical (unpaired) electrons. The van der Waals surface area contributed by atoms with Crippen molar-refractivity contribution in [1.29, 1.82) is 5.26 Å². The summed E-state index contributed by atoms with van der Waals surface area (Å²) in [5, 5.41) is 9.26. The molecule has 0 aliphatic rings. The Bertz CT molecular complexity index is 908. The maximum absolute atomic E-state index is 12.9. The van der Waals surface area contributed by atoms with Gasteiger partial charge in [-0.2, -0.15) is 5.26 Å². The normalized spacial score (nSPS) is 14.3. The molecular formula is C27H37NO5. The minimum atomic E-state index is -0.763. The van der Waals surface area contributed by atoms with E-state index in [1.54, 1.807) is 19.3 Å². The second-order valence-electron chi connectivity index (χ2n) is 10.4. The molecule has 6 nitrogen and oxygen atoms in total. The maximum Gasteiger partial charge on any atom is 0.349 e. The molecule has 1 aromatic carbocycles. The predicted molar refractivity (Wildman–Crippen MR) is 129 cm³/mol. The molecule has 1 atom stereocenters. The number of hydrogen-bond donors (Lipinski definition) is 0. The third-order valence-corrected chi connectivity index (χ3v) is 5.55. The molecule has 0 fully saturated rings. The molecule has 0 saturated heterocycles. The van der Waals surface area contributed by atoms with Crippen LogP contribution in [0, 0.1) is 27.6 Å². The van der Waals surface area contributed by atoms with Gasteiger partial charge >= 0.3 is 11.9 Å². The number of ether oxygens (including phenoxy) is 3. The van der Waals surface area contributed by atoms with Crippen LogP contribution in [0.2, 0.25) is 0 Å². The van der Waals surface area contributed by atoms with E-state index in [-0.39, 0.29) is 35.6 Å². The Morgan fingerprint density at radius 3 is 2.03 bits per heavy atom. The molecule has 0 aliphatic carbocycles. The first-order valence-corrected chi connectivity index (χ1v) is 11.0. The lowest BCUT2D eigenvalue weighted by Crippen LogP contribution is -2.44. The highest BCUT2D eigenvalue weighted by molar-refractivity contribution is 5.93. The van der Waals surface area contributed by atoms with E-state index in [4.69, 9.17) is 14.2 Å². The summed E-state index contributed by atoms with van der Waals surface area (Å²) in [5.41, 5.74) is -0.306. The molecule has 1 rings (SSSR count). The molecule has 0 bridgehead atoms. The van der Waals surface area contributed by atoms with Gasteiger partial charge in [-0.05, 0) is 47.9 Å². The third kappa shape index (κ3) is 8.76. The molecule has 6 heteroatoms. The van der Waals surface area contributed by atoms with Crippen LogP contribution in [-0.2, 0) is 19.1 Å². The van der Waals surface area contributed by atoms with Crippen LogP contribution in [0.1, 0.15) is 60.5 Å². The van der Waals surface area contributed by atoms with Crippen LogP contribution in [0.5, 0.6) is 5.75 Å². The molecule has 0 heterocycles. The highest BCUT2D eigenvalue weighted by Gasteiger charge is 2.47. The fourth-order valence-corrected chi connectivity index (χ4v) is 3.33. The number of nitriles is 1. The quantitative estimate of drug-likeness (QED) is 0.155. The summed E-state index contributed by atoms with van der Waals surface area (Å²) in [5.74, 6) is -0.341. The summed E-state index contributed by atoms with van der Waals surface area (Å²) in [6.45, 7) is 14.0. The van der Waals surface area contributed by atoms with Crippen molar-refractivity contribution in [3.63, 3.8) is 0 Å². The number of carbonyl (C=O) groups excluding carboxylic acids is 2. The number of rotatable bonds is 9. The van der Waals surface area contributed by atoms with Gasteiger partial charge < -0.3 is 14.2 Å². The highest BCUT2D eigenvalue weighted by atomic mass is 16.6. The van der Waals surface area contributed by atoms with E-state index in [2.05, 4.69) is 20.8 Å². The van der Waals surface area contributed by atoms with E-state index >= 15 is 0 Å². The van der Waals surface area contributed by atoms with Gasteiger partial charge in [0.1, 0.15) is 30.6 Å². The first-order valence-electron chi connectivity index (χ1n) is 11.0. The number of esters is 2. The van der Waals surface area contributed by atoms with Gasteiger partial charge in [0.2, 0.25) is 0 Å². The van der Waals surface area contributed by atoms with E-state index in [1.807, 2.05) is 58.0 Å². The predicted octanol–water partition coefficient (Wildman–Crippen LogP) is 5.73. The van der Waals surface area contributed by atoms with Crippen LogP contribution in [0.25, 0.3) is 6.08 Å². The Morgan fingerprint density at radius 1 is 0.970 bits per heavy atom. The average Bonchev–Trinajstić information content (AvgIpc) is 2.72. The summed E-state index contributed by atoms with van der Waals surface area (Å²) in [4.78, 5) is 25.1. The Hall–Kier alpha value is -3.07. The van der Waals surface area contributed by atoms with Gasteiger partial charge in [-0.3, -0.25) is 4.79 Å². The Morgan fingerprint density at radius 2 is 1.55 bits per heavy atom. The van der Waals surface area contributed by atoms with E-state index in [0.717, 1.165) is 11.3 Å². The molecule has 1 aromatic rings. The van der Waals surface area contributed by atoms with Crippen LogP contribution in [0.15, 0.2) is 42.0 Å². The van der Waals surface area contributed by atoms with Crippen molar-refractivity contribution in [2.75, 3.05) is 20.3 Å². The molecule has 0 N–H and O–H groups in total. The number of nitrogens with zero attached hydrogens (tertiary/aromatic N) is 1. The molecule has 180 valence electrons. The standard InChI is InChI=1S/C27H37NO5/c1-25(2,3)19-27(7,26(4,5)6)24(30)33-17-16-32-23(29)21(18-28)11-9-10-20-12-14-22(31-8)15-13-20/h9-15H,16-17,19H2,1-8H3/b10-9+,21-11+. The number of methoxy groups -OCH3 is 1. The zero-order valence-electron chi connectivity index (χ0n) is 21.2. The first-order chi connectivity index (χ1) is 15.2. The first kappa shape index (κ1) is 28.0. The number of hydrogen-bond acceptors (Lipinski definition) is 6. The zero-order valence-corrected chi connectivity index (χ0v) is 21.2. The van der Waals surface area contributed by atoms with Crippen LogP contribution in [-0.4, -0.2) is 32.3 Å². The second-order valence-corrected chi connectivity index (χ2v) is 10.4. The number of benzene rings is 1.